The van der Waals surface area contributed by atoms with Crippen molar-refractivity contribution in [2.45, 2.75) is 46.2 Å². The Morgan fingerprint density at radius 1 is 1.17 bits per heavy atom. The van der Waals surface area contributed by atoms with E-state index >= 15 is 0 Å². The fourth-order valence-electron chi connectivity index (χ4n) is 4.26. The van der Waals surface area contributed by atoms with Crippen molar-refractivity contribution in [1.29, 1.82) is 0 Å². The summed E-state index contributed by atoms with van der Waals surface area (Å²) >= 11 is 0. The van der Waals surface area contributed by atoms with Gasteiger partial charge in [-0.15, -0.1) is 0 Å². The van der Waals surface area contributed by atoms with Crippen LogP contribution in [0.3, 0.4) is 0 Å². The second kappa shape index (κ2) is 4.38. The predicted octanol–water partition coefficient (Wildman–Crippen LogP) is 3.85. The first-order chi connectivity index (χ1) is 8.59. The Balaban J connectivity index is 1.59. The highest BCUT2D eigenvalue weighted by Crippen LogP contribution is 2.61. The Bertz CT molecular complexity index is 409. The van der Waals surface area contributed by atoms with E-state index in [1.807, 2.05) is 0 Å². The van der Waals surface area contributed by atoms with Crippen LogP contribution >= 0.6 is 0 Å². The van der Waals surface area contributed by atoms with Gasteiger partial charge in [-0.1, -0.05) is 51.1 Å². The third-order valence-corrected chi connectivity index (χ3v) is 5.77. The molecule has 4 rings (SSSR count). The molecule has 98 valence electrons. The van der Waals surface area contributed by atoms with Gasteiger partial charge in [0.05, 0.1) is 0 Å². The van der Waals surface area contributed by atoms with E-state index in [2.05, 4.69) is 56.4 Å². The summed E-state index contributed by atoms with van der Waals surface area (Å²) in [5, 5.41) is 3.79. The van der Waals surface area contributed by atoms with Crippen LogP contribution in [0, 0.1) is 23.2 Å². The third-order valence-electron chi connectivity index (χ3n) is 5.77. The average Bonchev–Trinajstić information content (AvgIpc) is 2.38. The first-order valence-electron chi connectivity index (χ1n) is 7.36. The molecule has 1 N–H and O–H groups in total. The molecule has 1 heteroatoms. The minimum Gasteiger partial charge on any atom is -0.310 e. The number of rotatable bonds is 3. The van der Waals surface area contributed by atoms with Gasteiger partial charge in [0.1, 0.15) is 0 Å². The SMILES string of the molecule is C[C@@H]1[C@@H](NCc2ccccc2)C[C@H]2C[C@H]1C2(C)C. The van der Waals surface area contributed by atoms with Crippen LogP contribution in [0.25, 0.3) is 0 Å². The highest BCUT2D eigenvalue weighted by atomic mass is 14.9. The molecule has 0 saturated heterocycles. The van der Waals surface area contributed by atoms with Gasteiger partial charge in [-0.05, 0) is 41.6 Å². The average molecular weight is 243 g/mol. The minimum absolute atomic E-state index is 0.602. The predicted molar refractivity (Wildman–Crippen MR) is 76.2 cm³/mol. The van der Waals surface area contributed by atoms with Gasteiger partial charge in [0.15, 0.2) is 0 Å². The molecule has 1 nitrogen and oxygen atoms in total. The molecule has 18 heavy (non-hydrogen) atoms. The molecule has 1 aromatic rings. The van der Waals surface area contributed by atoms with E-state index < -0.39 is 0 Å². The van der Waals surface area contributed by atoms with E-state index in [0.717, 1.165) is 30.3 Å². The molecule has 0 aromatic heterocycles. The topological polar surface area (TPSA) is 12.0 Å². The summed E-state index contributed by atoms with van der Waals surface area (Å²) in [7, 11) is 0. The van der Waals surface area contributed by atoms with Gasteiger partial charge in [0.25, 0.3) is 0 Å². The Morgan fingerprint density at radius 2 is 1.89 bits per heavy atom. The van der Waals surface area contributed by atoms with Gasteiger partial charge >= 0.3 is 0 Å². The minimum atomic E-state index is 0.602. The van der Waals surface area contributed by atoms with Crippen LogP contribution in [0.15, 0.2) is 30.3 Å². The van der Waals surface area contributed by atoms with Crippen molar-refractivity contribution in [3.63, 3.8) is 0 Å². The fraction of sp³-hybridized carbons (Fsp3) is 0.647. The smallest absolute Gasteiger partial charge is 0.0208 e. The standard InChI is InChI=1S/C17H25N/c1-12-15-9-14(17(15,2)3)10-16(12)18-11-13-7-5-4-6-8-13/h4-8,12,14-16,18H,9-11H2,1-3H3/t12-,14+,15+,16-/m0/s1. The quantitative estimate of drug-likeness (QED) is 0.850. The fourth-order valence-corrected chi connectivity index (χ4v) is 4.26. The lowest BCUT2D eigenvalue weighted by molar-refractivity contribution is -0.115. The van der Waals surface area contributed by atoms with Crippen molar-refractivity contribution < 1.29 is 0 Å². The van der Waals surface area contributed by atoms with Gasteiger partial charge in [-0.3, -0.25) is 0 Å². The van der Waals surface area contributed by atoms with Crippen molar-refractivity contribution in [3.05, 3.63) is 35.9 Å². The third kappa shape index (κ3) is 1.89. The van der Waals surface area contributed by atoms with E-state index in [4.69, 9.17) is 0 Å². The number of nitrogens with one attached hydrogen (secondary N) is 1. The molecule has 0 heterocycles. The molecular weight excluding hydrogens is 218 g/mol. The Kier molecular flexibility index (Phi) is 2.97. The zero-order valence-electron chi connectivity index (χ0n) is 11.8. The van der Waals surface area contributed by atoms with Gasteiger partial charge in [0.2, 0.25) is 0 Å². The molecule has 0 amide bonds. The van der Waals surface area contributed by atoms with E-state index in [9.17, 15) is 0 Å². The molecule has 1 aromatic carbocycles. The van der Waals surface area contributed by atoms with Gasteiger partial charge in [-0.2, -0.15) is 0 Å². The van der Waals surface area contributed by atoms with Crippen LogP contribution in [0.1, 0.15) is 39.2 Å². The molecule has 0 radical (unpaired) electrons. The van der Waals surface area contributed by atoms with Crippen molar-refractivity contribution in [2.75, 3.05) is 0 Å². The number of fused-ring (bicyclic) bond motifs is 2. The monoisotopic (exact) mass is 243 g/mol. The number of hydrogen-bond acceptors (Lipinski definition) is 1. The van der Waals surface area contributed by atoms with Gasteiger partial charge in [-0.25, -0.2) is 0 Å². The zero-order chi connectivity index (χ0) is 12.8. The van der Waals surface area contributed by atoms with Crippen LogP contribution < -0.4 is 5.32 Å². The maximum absolute atomic E-state index is 3.79. The molecule has 3 fully saturated rings. The summed E-state index contributed by atoms with van der Waals surface area (Å²) in [6, 6.07) is 11.5. The summed E-state index contributed by atoms with van der Waals surface area (Å²) in [4.78, 5) is 0. The first-order valence-corrected chi connectivity index (χ1v) is 7.36. The molecule has 3 aliphatic carbocycles. The largest absolute Gasteiger partial charge is 0.310 e. The summed E-state index contributed by atoms with van der Waals surface area (Å²) in [5.74, 6) is 2.71. The molecule has 3 aliphatic rings. The summed E-state index contributed by atoms with van der Waals surface area (Å²) in [5.41, 5.74) is 2.01. The van der Waals surface area contributed by atoms with Crippen molar-refractivity contribution >= 4 is 0 Å². The second-order valence-electron chi connectivity index (χ2n) is 6.93. The van der Waals surface area contributed by atoms with Crippen LogP contribution in [0.5, 0.6) is 0 Å². The molecular formula is C17H25N. The van der Waals surface area contributed by atoms with Crippen molar-refractivity contribution in [1.82, 2.24) is 5.32 Å². The Hall–Kier alpha value is -0.820. The lowest BCUT2D eigenvalue weighted by Gasteiger charge is -2.62. The van der Waals surface area contributed by atoms with Crippen LogP contribution in [0.4, 0.5) is 0 Å². The molecule has 4 atom stereocenters. The van der Waals surface area contributed by atoms with E-state index in [-0.39, 0.29) is 0 Å². The van der Waals surface area contributed by atoms with Gasteiger partial charge < -0.3 is 5.32 Å². The lowest BCUT2D eigenvalue weighted by Crippen LogP contribution is -2.59. The Morgan fingerprint density at radius 3 is 2.50 bits per heavy atom. The van der Waals surface area contributed by atoms with Crippen molar-refractivity contribution in [3.8, 4) is 0 Å². The molecule has 0 spiro atoms. The normalized spacial score (nSPS) is 37.1. The lowest BCUT2D eigenvalue weighted by atomic mass is 9.45. The van der Waals surface area contributed by atoms with Crippen LogP contribution in [-0.2, 0) is 6.54 Å². The summed E-state index contributed by atoms with van der Waals surface area (Å²) in [6.07, 6.45) is 2.84. The Labute approximate surface area is 111 Å². The number of hydrogen-bond donors (Lipinski definition) is 1. The first kappa shape index (κ1) is 12.2. The zero-order valence-corrected chi connectivity index (χ0v) is 11.8. The van der Waals surface area contributed by atoms with Crippen LogP contribution in [-0.4, -0.2) is 6.04 Å². The number of benzene rings is 1. The maximum atomic E-state index is 3.79. The highest BCUT2D eigenvalue weighted by Gasteiger charge is 2.55. The molecule has 0 aliphatic heterocycles. The second-order valence-corrected chi connectivity index (χ2v) is 6.93. The van der Waals surface area contributed by atoms with Gasteiger partial charge in [0, 0.05) is 12.6 Å². The highest BCUT2D eigenvalue weighted by molar-refractivity contribution is 5.15. The molecule has 0 unspecified atom stereocenters. The van der Waals surface area contributed by atoms with E-state index in [1.165, 1.54) is 18.4 Å². The van der Waals surface area contributed by atoms with Crippen LogP contribution in [0.2, 0.25) is 0 Å². The maximum Gasteiger partial charge on any atom is 0.0208 e. The molecule has 2 bridgehead atoms. The summed E-state index contributed by atoms with van der Waals surface area (Å²) < 4.78 is 0. The van der Waals surface area contributed by atoms with Crippen molar-refractivity contribution in [2.24, 2.45) is 23.2 Å². The summed E-state index contributed by atoms with van der Waals surface area (Å²) in [6.45, 7) is 8.41. The van der Waals surface area contributed by atoms with E-state index in [1.54, 1.807) is 0 Å². The van der Waals surface area contributed by atoms with E-state index in [0.29, 0.717) is 5.41 Å². The molecule has 3 saturated carbocycles.